The van der Waals surface area contributed by atoms with E-state index >= 15 is 0 Å². The van der Waals surface area contributed by atoms with Gasteiger partial charge in [0.25, 0.3) is 0 Å². The first-order valence-corrected chi connectivity index (χ1v) is 5.84. The van der Waals surface area contributed by atoms with Gasteiger partial charge in [-0.05, 0) is 43.5 Å². The van der Waals surface area contributed by atoms with Crippen molar-refractivity contribution in [3.05, 3.63) is 5.82 Å². The van der Waals surface area contributed by atoms with Gasteiger partial charge in [0.15, 0.2) is 5.82 Å². The number of tetrazole rings is 1. The lowest BCUT2D eigenvalue weighted by atomic mass is 10.0. The second kappa shape index (κ2) is 5.36. The van der Waals surface area contributed by atoms with E-state index in [2.05, 4.69) is 20.3 Å². The molecule has 90 valence electrons. The molecule has 1 unspecified atom stereocenters. The highest BCUT2D eigenvalue weighted by atomic mass is 16.3. The van der Waals surface area contributed by atoms with Crippen LogP contribution in [0.2, 0.25) is 0 Å². The summed E-state index contributed by atoms with van der Waals surface area (Å²) in [7, 11) is 1.78. The summed E-state index contributed by atoms with van der Waals surface area (Å²) in [4.78, 5) is 3.83. The van der Waals surface area contributed by atoms with Crippen molar-refractivity contribution in [2.75, 3.05) is 19.7 Å². The van der Waals surface area contributed by atoms with Crippen molar-refractivity contribution >= 4 is 0 Å². The van der Waals surface area contributed by atoms with Crippen LogP contribution in [-0.4, -0.2) is 49.9 Å². The summed E-state index contributed by atoms with van der Waals surface area (Å²) >= 11 is 0. The summed E-state index contributed by atoms with van der Waals surface area (Å²) in [5.74, 6) is 1.25. The molecule has 1 N–H and O–H groups in total. The van der Waals surface area contributed by atoms with Gasteiger partial charge in [-0.15, -0.1) is 10.2 Å². The predicted octanol–water partition coefficient (Wildman–Crippen LogP) is -0.196. The Hall–Kier alpha value is -1.01. The molecule has 1 aromatic rings. The number of hydrogen-bond acceptors (Lipinski definition) is 5. The van der Waals surface area contributed by atoms with Crippen LogP contribution in [0.15, 0.2) is 0 Å². The Morgan fingerprint density at radius 3 is 2.94 bits per heavy atom. The van der Waals surface area contributed by atoms with Crippen molar-refractivity contribution in [2.24, 2.45) is 13.0 Å². The van der Waals surface area contributed by atoms with Gasteiger partial charge < -0.3 is 5.11 Å². The third kappa shape index (κ3) is 2.99. The summed E-state index contributed by atoms with van der Waals surface area (Å²) in [6, 6.07) is 0. The molecule has 0 aliphatic carbocycles. The molecule has 1 atom stereocenters. The third-order valence-electron chi connectivity index (χ3n) is 3.11. The topological polar surface area (TPSA) is 67.1 Å². The molecule has 1 aliphatic heterocycles. The highest BCUT2D eigenvalue weighted by Crippen LogP contribution is 2.17. The van der Waals surface area contributed by atoms with Crippen LogP contribution in [0, 0.1) is 5.92 Å². The SMILES string of the molecule is Cn1nnc(CN2CCCC(CO)CC2)n1. The molecule has 1 saturated heterocycles. The summed E-state index contributed by atoms with van der Waals surface area (Å²) in [5.41, 5.74) is 0. The third-order valence-corrected chi connectivity index (χ3v) is 3.11. The number of rotatable bonds is 3. The molecule has 2 rings (SSSR count). The lowest BCUT2D eigenvalue weighted by molar-refractivity contribution is 0.207. The normalized spacial score (nSPS) is 23.2. The standard InChI is InChI=1S/C10H19N5O/c1-14-12-10(11-13-14)7-15-5-2-3-9(8-16)4-6-15/h9,16H,2-8H2,1H3. The van der Waals surface area contributed by atoms with E-state index < -0.39 is 0 Å². The maximum Gasteiger partial charge on any atom is 0.188 e. The van der Waals surface area contributed by atoms with Crippen LogP contribution in [0.4, 0.5) is 0 Å². The van der Waals surface area contributed by atoms with Gasteiger partial charge in [0, 0.05) is 6.61 Å². The molecule has 0 saturated carbocycles. The van der Waals surface area contributed by atoms with E-state index in [0.717, 1.165) is 44.7 Å². The summed E-state index contributed by atoms with van der Waals surface area (Å²) in [6.45, 7) is 3.17. The second-order valence-electron chi connectivity index (χ2n) is 4.45. The van der Waals surface area contributed by atoms with Crippen molar-refractivity contribution in [1.82, 2.24) is 25.1 Å². The van der Waals surface area contributed by atoms with Gasteiger partial charge >= 0.3 is 0 Å². The Labute approximate surface area is 95.2 Å². The Morgan fingerprint density at radius 2 is 2.25 bits per heavy atom. The fourth-order valence-electron chi connectivity index (χ4n) is 2.15. The molecule has 1 aliphatic rings. The molecule has 0 radical (unpaired) electrons. The lowest BCUT2D eigenvalue weighted by Crippen LogP contribution is -2.25. The fourth-order valence-corrected chi connectivity index (χ4v) is 2.15. The summed E-state index contributed by atoms with van der Waals surface area (Å²) in [5, 5.41) is 21.1. The first-order valence-electron chi connectivity index (χ1n) is 5.84. The fraction of sp³-hybridized carbons (Fsp3) is 0.900. The molecule has 16 heavy (non-hydrogen) atoms. The number of aliphatic hydroxyl groups excluding tert-OH is 1. The van der Waals surface area contributed by atoms with E-state index in [-0.39, 0.29) is 0 Å². The van der Waals surface area contributed by atoms with Gasteiger partial charge in [0.05, 0.1) is 13.6 Å². The van der Waals surface area contributed by atoms with Crippen molar-refractivity contribution < 1.29 is 5.11 Å². The maximum atomic E-state index is 9.14. The van der Waals surface area contributed by atoms with Gasteiger partial charge in [-0.25, -0.2) is 0 Å². The van der Waals surface area contributed by atoms with Crippen LogP contribution in [0.1, 0.15) is 25.1 Å². The Morgan fingerprint density at radius 1 is 1.38 bits per heavy atom. The molecule has 6 heteroatoms. The van der Waals surface area contributed by atoms with Crippen LogP contribution in [0.3, 0.4) is 0 Å². The first kappa shape index (κ1) is 11.5. The minimum Gasteiger partial charge on any atom is -0.396 e. The van der Waals surface area contributed by atoms with Gasteiger partial charge in [-0.2, -0.15) is 4.80 Å². The molecule has 0 spiro atoms. The monoisotopic (exact) mass is 225 g/mol. The van der Waals surface area contributed by atoms with Crippen LogP contribution >= 0.6 is 0 Å². The van der Waals surface area contributed by atoms with Crippen molar-refractivity contribution in [2.45, 2.75) is 25.8 Å². The number of aryl methyl sites for hydroxylation is 1. The Balaban J connectivity index is 1.86. The van der Waals surface area contributed by atoms with Gasteiger partial charge in [-0.1, -0.05) is 0 Å². The largest absolute Gasteiger partial charge is 0.396 e. The zero-order valence-corrected chi connectivity index (χ0v) is 9.71. The van der Waals surface area contributed by atoms with E-state index in [0.29, 0.717) is 12.5 Å². The van der Waals surface area contributed by atoms with Crippen LogP contribution in [0.5, 0.6) is 0 Å². The minimum absolute atomic E-state index is 0.317. The highest BCUT2D eigenvalue weighted by molar-refractivity contribution is 4.79. The number of aromatic nitrogens is 4. The zero-order valence-electron chi connectivity index (χ0n) is 9.71. The number of likely N-dealkylation sites (tertiary alicyclic amines) is 1. The molecular formula is C10H19N5O. The molecule has 2 heterocycles. The highest BCUT2D eigenvalue weighted by Gasteiger charge is 2.17. The molecular weight excluding hydrogens is 206 g/mol. The minimum atomic E-state index is 0.317. The molecule has 6 nitrogen and oxygen atoms in total. The van der Waals surface area contributed by atoms with Crippen molar-refractivity contribution in [1.29, 1.82) is 0 Å². The molecule has 0 amide bonds. The first-order chi connectivity index (χ1) is 7.78. The lowest BCUT2D eigenvalue weighted by Gasteiger charge is -2.17. The van der Waals surface area contributed by atoms with Crippen LogP contribution in [-0.2, 0) is 13.6 Å². The average Bonchev–Trinajstić information content (AvgIpc) is 2.55. The smallest absolute Gasteiger partial charge is 0.188 e. The van der Waals surface area contributed by atoms with E-state index in [1.807, 2.05) is 0 Å². The van der Waals surface area contributed by atoms with Crippen LogP contribution < -0.4 is 0 Å². The van der Waals surface area contributed by atoms with Gasteiger partial charge in [0.1, 0.15) is 0 Å². The zero-order chi connectivity index (χ0) is 11.4. The van der Waals surface area contributed by atoms with E-state index in [9.17, 15) is 0 Å². The number of hydrogen-bond donors (Lipinski definition) is 1. The summed E-state index contributed by atoms with van der Waals surface area (Å²) in [6.07, 6.45) is 3.34. The van der Waals surface area contributed by atoms with Gasteiger partial charge in [0.2, 0.25) is 0 Å². The van der Waals surface area contributed by atoms with Gasteiger partial charge in [-0.3, -0.25) is 4.90 Å². The number of nitrogens with zero attached hydrogens (tertiary/aromatic N) is 5. The van der Waals surface area contributed by atoms with Crippen molar-refractivity contribution in [3.8, 4) is 0 Å². The summed E-state index contributed by atoms with van der Waals surface area (Å²) < 4.78 is 0. The van der Waals surface area contributed by atoms with Crippen LogP contribution in [0.25, 0.3) is 0 Å². The van der Waals surface area contributed by atoms with Crippen molar-refractivity contribution in [3.63, 3.8) is 0 Å². The van der Waals surface area contributed by atoms with E-state index in [1.54, 1.807) is 7.05 Å². The second-order valence-corrected chi connectivity index (χ2v) is 4.45. The maximum absolute atomic E-state index is 9.14. The average molecular weight is 225 g/mol. The van der Waals surface area contributed by atoms with E-state index in [1.165, 1.54) is 4.80 Å². The Kier molecular flexibility index (Phi) is 3.84. The molecule has 0 aromatic carbocycles. The van der Waals surface area contributed by atoms with E-state index in [4.69, 9.17) is 5.11 Å². The quantitative estimate of drug-likeness (QED) is 0.772. The Bertz CT molecular complexity index is 327. The predicted molar refractivity (Wildman–Crippen MR) is 58.5 cm³/mol. The molecule has 1 fully saturated rings. The molecule has 1 aromatic heterocycles. The number of aliphatic hydroxyl groups is 1. The molecule has 0 bridgehead atoms.